The lowest BCUT2D eigenvalue weighted by atomic mass is 9.98. The Kier molecular flexibility index (Phi) is 4.14. The van der Waals surface area contributed by atoms with Crippen molar-refractivity contribution in [2.24, 2.45) is 0 Å². The van der Waals surface area contributed by atoms with E-state index in [4.69, 9.17) is 0 Å². The predicted octanol–water partition coefficient (Wildman–Crippen LogP) is 4.41. The molecule has 0 spiro atoms. The second-order valence-electron chi connectivity index (χ2n) is 5.67. The maximum absolute atomic E-state index is 2.58. The van der Waals surface area contributed by atoms with Crippen LogP contribution in [0.5, 0.6) is 0 Å². The molecule has 1 aliphatic heterocycles. The molecular formula is C18H23N. The number of benzene rings is 1. The summed E-state index contributed by atoms with van der Waals surface area (Å²) in [5.74, 6) is 0. The minimum absolute atomic E-state index is 1.12. The molecule has 0 amide bonds. The maximum Gasteiger partial charge on any atom is 0.0233 e. The molecule has 1 saturated heterocycles. The van der Waals surface area contributed by atoms with Gasteiger partial charge in [0.1, 0.15) is 0 Å². The first-order valence-corrected chi connectivity index (χ1v) is 7.60. The van der Waals surface area contributed by atoms with E-state index in [1.54, 1.807) is 0 Å². The van der Waals surface area contributed by atoms with Gasteiger partial charge in [-0.3, -0.25) is 4.90 Å². The lowest BCUT2D eigenvalue weighted by molar-refractivity contribution is 0.221. The maximum atomic E-state index is 2.58. The van der Waals surface area contributed by atoms with Crippen LogP contribution in [0.2, 0.25) is 0 Å². The number of hydrogen-bond donors (Lipinski definition) is 0. The average molecular weight is 253 g/mol. The van der Waals surface area contributed by atoms with E-state index in [0.29, 0.717) is 0 Å². The Bertz CT molecular complexity index is 461. The minimum Gasteiger partial charge on any atom is -0.299 e. The Hall–Kier alpha value is -1.34. The topological polar surface area (TPSA) is 3.24 Å². The predicted molar refractivity (Wildman–Crippen MR) is 81.9 cm³/mol. The summed E-state index contributed by atoms with van der Waals surface area (Å²) in [5.41, 5.74) is 4.19. The summed E-state index contributed by atoms with van der Waals surface area (Å²) in [6, 6.07) is 9.15. The van der Waals surface area contributed by atoms with Gasteiger partial charge in [-0.15, -0.1) is 0 Å². The molecule has 1 heterocycles. The molecule has 0 radical (unpaired) electrons. The van der Waals surface area contributed by atoms with Gasteiger partial charge in [0, 0.05) is 6.54 Å². The van der Waals surface area contributed by atoms with Gasteiger partial charge < -0.3 is 0 Å². The summed E-state index contributed by atoms with van der Waals surface area (Å²) < 4.78 is 0. The van der Waals surface area contributed by atoms with E-state index in [2.05, 4.69) is 47.4 Å². The molecule has 1 nitrogen and oxygen atoms in total. The van der Waals surface area contributed by atoms with Crippen LogP contribution < -0.4 is 0 Å². The molecule has 0 unspecified atom stereocenters. The van der Waals surface area contributed by atoms with Gasteiger partial charge in [-0.1, -0.05) is 48.9 Å². The summed E-state index contributed by atoms with van der Waals surface area (Å²) in [6.07, 6.45) is 13.4. The van der Waals surface area contributed by atoms with Crippen molar-refractivity contribution >= 4 is 5.57 Å². The monoisotopic (exact) mass is 253 g/mol. The highest BCUT2D eigenvalue weighted by molar-refractivity contribution is 5.74. The normalized spacial score (nSPS) is 20.3. The van der Waals surface area contributed by atoms with E-state index in [0.717, 1.165) is 6.54 Å². The number of piperidine rings is 1. The van der Waals surface area contributed by atoms with Crippen molar-refractivity contribution < 1.29 is 0 Å². The largest absolute Gasteiger partial charge is 0.299 e. The smallest absolute Gasteiger partial charge is 0.0233 e. The summed E-state index contributed by atoms with van der Waals surface area (Å²) in [5, 5.41) is 0. The number of hydrogen-bond acceptors (Lipinski definition) is 1. The first kappa shape index (κ1) is 12.7. The molecule has 1 aliphatic carbocycles. The third-order valence-electron chi connectivity index (χ3n) is 4.14. The van der Waals surface area contributed by atoms with Crippen molar-refractivity contribution in [1.29, 1.82) is 0 Å². The minimum atomic E-state index is 1.12. The van der Waals surface area contributed by atoms with Crippen LogP contribution in [-0.4, -0.2) is 18.0 Å². The molecule has 0 saturated carbocycles. The fourth-order valence-electron chi connectivity index (χ4n) is 3.01. The number of rotatable bonds is 3. The van der Waals surface area contributed by atoms with Crippen LogP contribution in [-0.2, 0) is 6.54 Å². The fraction of sp³-hybridized carbons (Fsp3) is 0.444. The van der Waals surface area contributed by atoms with Gasteiger partial charge in [-0.2, -0.15) is 0 Å². The zero-order valence-corrected chi connectivity index (χ0v) is 11.6. The summed E-state index contributed by atoms with van der Waals surface area (Å²) in [7, 11) is 0. The second kappa shape index (κ2) is 6.21. The number of nitrogens with zero attached hydrogens (tertiary/aromatic N) is 1. The molecule has 1 aromatic rings. The van der Waals surface area contributed by atoms with Crippen molar-refractivity contribution in [2.45, 2.75) is 38.6 Å². The Balaban J connectivity index is 1.65. The highest BCUT2D eigenvalue weighted by Crippen LogP contribution is 2.22. The zero-order valence-electron chi connectivity index (χ0n) is 11.6. The van der Waals surface area contributed by atoms with Gasteiger partial charge in [0.2, 0.25) is 0 Å². The van der Waals surface area contributed by atoms with Crippen molar-refractivity contribution in [1.82, 2.24) is 4.90 Å². The Morgan fingerprint density at radius 3 is 2.37 bits per heavy atom. The quantitative estimate of drug-likeness (QED) is 0.771. The molecule has 0 aromatic heterocycles. The Morgan fingerprint density at radius 2 is 1.68 bits per heavy atom. The molecule has 100 valence electrons. The molecule has 2 aliphatic rings. The van der Waals surface area contributed by atoms with Crippen molar-refractivity contribution in [3.8, 4) is 0 Å². The van der Waals surface area contributed by atoms with Crippen molar-refractivity contribution in [3.63, 3.8) is 0 Å². The Labute approximate surface area is 116 Å². The van der Waals surface area contributed by atoms with Gasteiger partial charge in [0.05, 0.1) is 0 Å². The van der Waals surface area contributed by atoms with E-state index in [-0.39, 0.29) is 0 Å². The van der Waals surface area contributed by atoms with E-state index in [1.807, 2.05) is 0 Å². The lowest BCUT2D eigenvalue weighted by Crippen LogP contribution is -2.29. The summed E-state index contributed by atoms with van der Waals surface area (Å²) in [4.78, 5) is 2.58. The van der Waals surface area contributed by atoms with Gasteiger partial charge in [-0.05, 0) is 55.5 Å². The highest BCUT2D eigenvalue weighted by Gasteiger charge is 2.10. The van der Waals surface area contributed by atoms with Crippen molar-refractivity contribution in [2.75, 3.05) is 13.1 Å². The van der Waals surface area contributed by atoms with Crippen LogP contribution in [0.1, 0.15) is 43.2 Å². The highest BCUT2D eigenvalue weighted by atomic mass is 15.1. The van der Waals surface area contributed by atoms with Crippen LogP contribution >= 0.6 is 0 Å². The SMILES string of the molecule is C1=CC(c2ccc(CN3CCCCC3)cc2)=CCC1. The molecule has 0 bridgehead atoms. The third kappa shape index (κ3) is 3.36. The third-order valence-corrected chi connectivity index (χ3v) is 4.14. The molecule has 19 heavy (non-hydrogen) atoms. The van der Waals surface area contributed by atoms with Crippen LogP contribution in [0.3, 0.4) is 0 Å². The number of allylic oxidation sites excluding steroid dienone is 4. The van der Waals surface area contributed by atoms with E-state index in [1.165, 1.54) is 61.9 Å². The number of likely N-dealkylation sites (tertiary alicyclic amines) is 1. The first-order chi connectivity index (χ1) is 9.42. The van der Waals surface area contributed by atoms with Gasteiger partial charge in [0.15, 0.2) is 0 Å². The van der Waals surface area contributed by atoms with Gasteiger partial charge in [-0.25, -0.2) is 0 Å². The van der Waals surface area contributed by atoms with Crippen LogP contribution in [0.15, 0.2) is 42.5 Å². The molecule has 0 N–H and O–H groups in total. The molecule has 1 fully saturated rings. The van der Waals surface area contributed by atoms with E-state index >= 15 is 0 Å². The standard InChI is InChI=1S/C18H23N/c1-3-7-17(8-4-1)18-11-9-16(10-12-18)15-19-13-5-2-6-14-19/h3,7-12H,1-2,4-6,13-15H2. The van der Waals surface area contributed by atoms with Crippen LogP contribution in [0, 0.1) is 0 Å². The summed E-state index contributed by atoms with van der Waals surface area (Å²) in [6.45, 7) is 3.67. The molecule has 1 aromatic carbocycles. The zero-order chi connectivity index (χ0) is 12.9. The fourth-order valence-corrected chi connectivity index (χ4v) is 3.01. The van der Waals surface area contributed by atoms with E-state index < -0.39 is 0 Å². The molecular weight excluding hydrogens is 230 g/mol. The molecule has 1 heteroatoms. The summed E-state index contributed by atoms with van der Waals surface area (Å²) >= 11 is 0. The molecule has 3 rings (SSSR count). The lowest BCUT2D eigenvalue weighted by Gasteiger charge is -2.26. The average Bonchev–Trinajstić information content (AvgIpc) is 2.50. The second-order valence-corrected chi connectivity index (χ2v) is 5.67. The molecule has 0 atom stereocenters. The van der Waals surface area contributed by atoms with E-state index in [9.17, 15) is 0 Å². The van der Waals surface area contributed by atoms with Crippen molar-refractivity contribution in [3.05, 3.63) is 53.6 Å². The van der Waals surface area contributed by atoms with Crippen LogP contribution in [0.25, 0.3) is 5.57 Å². The Morgan fingerprint density at radius 1 is 0.895 bits per heavy atom. The van der Waals surface area contributed by atoms with Gasteiger partial charge >= 0.3 is 0 Å². The van der Waals surface area contributed by atoms with Gasteiger partial charge in [0.25, 0.3) is 0 Å². The first-order valence-electron chi connectivity index (χ1n) is 7.60. The van der Waals surface area contributed by atoms with Crippen LogP contribution in [0.4, 0.5) is 0 Å².